The van der Waals surface area contributed by atoms with E-state index in [0.717, 1.165) is 7.11 Å². The summed E-state index contributed by atoms with van der Waals surface area (Å²) in [5.41, 5.74) is 5.85. The first-order valence-electron chi connectivity index (χ1n) is 6.75. The SMILES string of the molecule is COC(=O)C(O)C(NC(=O)OC(C)(C)C)c1ccccc1N. The van der Waals surface area contributed by atoms with Crippen LogP contribution in [0.15, 0.2) is 24.3 Å². The molecule has 0 aliphatic heterocycles. The maximum Gasteiger partial charge on any atom is 0.408 e. The van der Waals surface area contributed by atoms with E-state index in [4.69, 9.17) is 10.5 Å². The van der Waals surface area contributed by atoms with Crippen molar-refractivity contribution in [1.29, 1.82) is 0 Å². The molecule has 22 heavy (non-hydrogen) atoms. The van der Waals surface area contributed by atoms with Gasteiger partial charge in [-0.25, -0.2) is 9.59 Å². The lowest BCUT2D eigenvalue weighted by atomic mass is 9.99. The average molecular weight is 310 g/mol. The number of para-hydroxylation sites is 1. The van der Waals surface area contributed by atoms with E-state index in [2.05, 4.69) is 10.1 Å². The summed E-state index contributed by atoms with van der Waals surface area (Å²) in [6.45, 7) is 5.11. The summed E-state index contributed by atoms with van der Waals surface area (Å²) in [4.78, 5) is 23.5. The molecule has 0 aliphatic carbocycles. The Morgan fingerprint density at radius 3 is 2.36 bits per heavy atom. The summed E-state index contributed by atoms with van der Waals surface area (Å²) in [7, 11) is 1.14. The van der Waals surface area contributed by atoms with Gasteiger partial charge in [0.25, 0.3) is 0 Å². The van der Waals surface area contributed by atoms with Crippen LogP contribution in [0.3, 0.4) is 0 Å². The minimum Gasteiger partial charge on any atom is -0.467 e. The second-order valence-electron chi connectivity index (χ2n) is 5.72. The number of esters is 1. The van der Waals surface area contributed by atoms with E-state index < -0.39 is 29.8 Å². The highest BCUT2D eigenvalue weighted by atomic mass is 16.6. The van der Waals surface area contributed by atoms with Crippen molar-refractivity contribution in [2.45, 2.75) is 38.5 Å². The molecule has 1 amide bonds. The number of anilines is 1. The van der Waals surface area contributed by atoms with Crippen molar-refractivity contribution in [1.82, 2.24) is 5.32 Å². The van der Waals surface area contributed by atoms with Crippen LogP contribution in [0.4, 0.5) is 10.5 Å². The predicted octanol–water partition coefficient (Wildman–Crippen LogP) is 1.37. The molecule has 0 heterocycles. The van der Waals surface area contributed by atoms with Crippen LogP contribution in [-0.4, -0.2) is 36.0 Å². The third-order valence-electron chi connectivity index (χ3n) is 2.76. The minimum atomic E-state index is -1.61. The van der Waals surface area contributed by atoms with E-state index in [0.29, 0.717) is 11.3 Å². The van der Waals surface area contributed by atoms with E-state index in [1.807, 2.05) is 0 Å². The smallest absolute Gasteiger partial charge is 0.408 e. The molecule has 2 unspecified atom stereocenters. The van der Waals surface area contributed by atoms with Crippen LogP contribution in [0.1, 0.15) is 32.4 Å². The number of ether oxygens (including phenoxy) is 2. The van der Waals surface area contributed by atoms with E-state index >= 15 is 0 Å². The number of hydrogen-bond donors (Lipinski definition) is 3. The lowest BCUT2D eigenvalue weighted by molar-refractivity contribution is -0.152. The van der Waals surface area contributed by atoms with Gasteiger partial charge in [0.2, 0.25) is 0 Å². The normalized spacial score (nSPS) is 13.9. The van der Waals surface area contributed by atoms with Crippen molar-refractivity contribution in [2.75, 3.05) is 12.8 Å². The first kappa shape index (κ1) is 17.8. The zero-order chi connectivity index (χ0) is 16.9. The van der Waals surface area contributed by atoms with Crippen molar-refractivity contribution in [2.24, 2.45) is 0 Å². The summed E-state index contributed by atoms with van der Waals surface area (Å²) >= 11 is 0. The Hall–Kier alpha value is -2.28. The van der Waals surface area contributed by atoms with Crippen molar-refractivity contribution >= 4 is 17.7 Å². The second kappa shape index (κ2) is 7.13. The lowest BCUT2D eigenvalue weighted by Crippen LogP contribution is -2.43. The number of methoxy groups -OCH3 is 1. The quantitative estimate of drug-likeness (QED) is 0.572. The maximum atomic E-state index is 11.9. The van der Waals surface area contributed by atoms with Gasteiger partial charge in [-0.05, 0) is 26.8 Å². The number of rotatable bonds is 4. The molecule has 0 aliphatic rings. The fourth-order valence-corrected chi connectivity index (χ4v) is 1.81. The Kier molecular flexibility index (Phi) is 5.76. The maximum absolute atomic E-state index is 11.9. The number of aliphatic hydroxyl groups excluding tert-OH is 1. The van der Waals surface area contributed by atoms with E-state index in [-0.39, 0.29) is 0 Å². The first-order chi connectivity index (χ1) is 10.2. The number of nitrogens with two attached hydrogens (primary N) is 1. The van der Waals surface area contributed by atoms with Crippen LogP contribution in [0.5, 0.6) is 0 Å². The predicted molar refractivity (Wildman–Crippen MR) is 81.0 cm³/mol. The largest absolute Gasteiger partial charge is 0.467 e. The van der Waals surface area contributed by atoms with Crippen molar-refractivity contribution in [3.63, 3.8) is 0 Å². The molecule has 0 fully saturated rings. The van der Waals surface area contributed by atoms with E-state index in [1.165, 1.54) is 0 Å². The highest BCUT2D eigenvalue weighted by molar-refractivity contribution is 5.78. The number of alkyl carbamates (subject to hydrolysis) is 1. The topological polar surface area (TPSA) is 111 Å². The third kappa shape index (κ3) is 4.92. The van der Waals surface area contributed by atoms with Crippen LogP contribution in [-0.2, 0) is 14.3 Å². The second-order valence-corrected chi connectivity index (χ2v) is 5.72. The van der Waals surface area contributed by atoms with Crippen molar-refractivity contribution < 1.29 is 24.2 Å². The van der Waals surface area contributed by atoms with Gasteiger partial charge in [-0.1, -0.05) is 18.2 Å². The fourth-order valence-electron chi connectivity index (χ4n) is 1.81. The van der Waals surface area contributed by atoms with E-state index in [1.54, 1.807) is 45.0 Å². The Labute approximate surface area is 129 Å². The van der Waals surface area contributed by atoms with Gasteiger partial charge in [0.05, 0.1) is 13.2 Å². The molecule has 7 heteroatoms. The van der Waals surface area contributed by atoms with Gasteiger partial charge in [-0.3, -0.25) is 0 Å². The molecule has 1 aromatic carbocycles. The minimum absolute atomic E-state index is 0.325. The monoisotopic (exact) mass is 310 g/mol. The summed E-state index contributed by atoms with van der Waals surface area (Å²) in [5, 5.41) is 12.6. The Bertz CT molecular complexity index is 539. The number of carbonyl (C=O) groups excluding carboxylic acids is 2. The zero-order valence-corrected chi connectivity index (χ0v) is 13.1. The molecule has 0 saturated heterocycles. The summed E-state index contributed by atoms with van der Waals surface area (Å²) in [6, 6.07) is 5.50. The number of benzene rings is 1. The average Bonchev–Trinajstić information content (AvgIpc) is 2.42. The van der Waals surface area contributed by atoms with Gasteiger partial charge in [-0.15, -0.1) is 0 Å². The highest BCUT2D eigenvalue weighted by Gasteiger charge is 2.32. The number of carbonyl (C=O) groups is 2. The van der Waals surface area contributed by atoms with Crippen LogP contribution < -0.4 is 11.1 Å². The molecule has 122 valence electrons. The molecule has 7 nitrogen and oxygen atoms in total. The van der Waals surface area contributed by atoms with Crippen LogP contribution in [0.25, 0.3) is 0 Å². The molecule has 0 aromatic heterocycles. The summed E-state index contributed by atoms with van der Waals surface area (Å²) in [5.74, 6) is -0.885. The molecular formula is C15H22N2O5. The van der Waals surface area contributed by atoms with Crippen molar-refractivity contribution in [3.8, 4) is 0 Å². The Morgan fingerprint density at radius 1 is 1.27 bits per heavy atom. The summed E-state index contributed by atoms with van der Waals surface area (Å²) in [6.07, 6.45) is -2.38. The molecule has 2 atom stereocenters. The highest BCUT2D eigenvalue weighted by Crippen LogP contribution is 2.24. The van der Waals surface area contributed by atoms with E-state index in [9.17, 15) is 14.7 Å². The number of hydrogen-bond acceptors (Lipinski definition) is 6. The summed E-state index contributed by atoms with van der Waals surface area (Å²) < 4.78 is 9.65. The van der Waals surface area contributed by atoms with Crippen LogP contribution >= 0.6 is 0 Å². The number of amides is 1. The molecule has 1 aromatic rings. The molecule has 0 saturated carbocycles. The number of nitrogen functional groups attached to an aromatic ring is 1. The van der Waals surface area contributed by atoms with Gasteiger partial charge in [-0.2, -0.15) is 0 Å². The van der Waals surface area contributed by atoms with Crippen LogP contribution in [0.2, 0.25) is 0 Å². The van der Waals surface area contributed by atoms with Gasteiger partial charge in [0.1, 0.15) is 5.60 Å². The molecular weight excluding hydrogens is 288 g/mol. The first-order valence-corrected chi connectivity index (χ1v) is 6.75. The third-order valence-corrected chi connectivity index (χ3v) is 2.76. The van der Waals surface area contributed by atoms with Crippen LogP contribution in [0, 0.1) is 0 Å². The van der Waals surface area contributed by atoms with Gasteiger partial charge in [0, 0.05) is 11.3 Å². The Balaban J connectivity index is 3.05. The molecule has 0 bridgehead atoms. The molecule has 0 spiro atoms. The standard InChI is InChI=1S/C15H22N2O5/c1-15(2,3)22-14(20)17-11(12(18)13(19)21-4)9-7-5-6-8-10(9)16/h5-8,11-12,18H,16H2,1-4H3,(H,17,20). The lowest BCUT2D eigenvalue weighted by Gasteiger charge is -2.26. The van der Waals surface area contributed by atoms with Gasteiger partial charge >= 0.3 is 12.1 Å². The number of aliphatic hydroxyl groups is 1. The molecule has 0 radical (unpaired) electrons. The Morgan fingerprint density at radius 2 is 1.86 bits per heavy atom. The molecule has 4 N–H and O–H groups in total. The van der Waals surface area contributed by atoms with Gasteiger partial charge in [0.15, 0.2) is 6.10 Å². The fraction of sp³-hybridized carbons (Fsp3) is 0.467. The molecule has 1 rings (SSSR count). The number of nitrogens with one attached hydrogen (secondary N) is 1. The van der Waals surface area contributed by atoms with Crippen molar-refractivity contribution in [3.05, 3.63) is 29.8 Å². The zero-order valence-electron chi connectivity index (χ0n) is 13.1. The van der Waals surface area contributed by atoms with Gasteiger partial charge < -0.3 is 25.6 Å².